The lowest BCUT2D eigenvalue weighted by molar-refractivity contribution is 0.355. The summed E-state index contributed by atoms with van der Waals surface area (Å²) in [6.07, 6.45) is 0.777. The lowest BCUT2D eigenvalue weighted by Crippen LogP contribution is -2.17. The van der Waals surface area contributed by atoms with E-state index in [2.05, 4.69) is 14.5 Å². The molecule has 0 fully saturated rings. The molecule has 0 N–H and O–H groups in total. The van der Waals surface area contributed by atoms with Crippen molar-refractivity contribution in [1.82, 2.24) is 9.59 Å². The van der Waals surface area contributed by atoms with Crippen LogP contribution in [-0.2, 0) is 13.0 Å². The topological polar surface area (TPSA) is 47.5 Å². The third kappa shape index (κ3) is 3.77. The van der Waals surface area contributed by atoms with Crippen molar-refractivity contribution in [3.8, 4) is 11.5 Å². The van der Waals surface area contributed by atoms with Crippen LogP contribution < -0.4 is 14.4 Å². The summed E-state index contributed by atoms with van der Waals surface area (Å²) in [6, 6.07) is 12.2. The average molecular weight is 373 g/mol. The van der Waals surface area contributed by atoms with Crippen LogP contribution in [-0.4, -0.2) is 23.8 Å². The molecule has 0 spiro atoms. The molecule has 0 aliphatic heterocycles. The van der Waals surface area contributed by atoms with Crippen molar-refractivity contribution in [3.05, 3.63) is 59.5 Å². The summed E-state index contributed by atoms with van der Waals surface area (Å²) in [5.74, 6) is 1.06. The summed E-state index contributed by atoms with van der Waals surface area (Å²) >= 11 is 1.34. The van der Waals surface area contributed by atoms with Gasteiger partial charge in [-0.15, -0.1) is 5.10 Å². The second-order valence-electron chi connectivity index (χ2n) is 5.63. The number of hydrogen-bond donors (Lipinski definition) is 0. The normalized spacial score (nSPS) is 10.6. The zero-order valence-corrected chi connectivity index (χ0v) is 15.7. The van der Waals surface area contributed by atoms with Crippen molar-refractivity contribution < 1.29 is 13.9 Å². The van der Waals surface area contributed by atoms with Crippen LogP contribution in [0.4, 0.5) is 15.1 Å². The van der Waals surface area contributed by atoms with E-state index < -0.39 is 0 Å². The average Bonchev–Trinajstić information content (AvgIpc) is 3.15. The summed E-state index contributed by atoms with van der Waals surface area (Å²) in [5.41, 5.74) is 2.83. The van der Waals surface area contributed by atoms with Crippen LogP contribution >= 0.6 is 11.5 Å². The Morgan fingerprint density at radius 3 is 2.42 bits per heavy atom. The van der Waals surface area contributed by atoms with Crippen molar-refractivity contribution in [1.29, 1.82) is 0 Å². The first-order valence-corrected chi connectivity index (χ1v) is 8.98. The van der Waals surface area contributed by atoms with Gasteiger partial charge in [-0.25, -0.2) is 4.39 Å². The lowest BCUT2D eigenvalue weighted by atomic mass is 10.1. The van der Waals surface area contributed by atoms with Gasteiger partial charge in [0, 0.05) is 29.8 Å². The van der Waals surface area contributed by atoms with E-state index in [-0.39, 0.29) is 5.82 Å². The molecule has 0 bridgehead atoms. The van der Waals surface area contributed by atoms with Gasteiger partial charge in [0.1, 0.15) is 10.8 Å². The van der Waals surface area contributed by atoms with E-state index in [4.69, 9.17) is 9.47 Å². The quantitative estimate of drug-likeness (QED) is 0.606. The molecular formula is C19H20FN3O2S. The summed E-state index contributed by atoms with van der Waals surface area (Å²) in [5, 5.41) is 5.19. The molecule has 0 saturated heterocycles. The Labute approximate surface area is 156 Å². The fourth-order valence-corrected chi connectivity index (χ4v) is 3.45. The van der Waals surface area contributed by atoms with E-state index in [0.29, 0.717) is 18.0 Å². The summed E-state index contributed by atoms with van der Waals surface area (Å²) in [6.45, 7) is 2.61. The molecule has 1 heterocycles. The van der Waals surface area contributed by atoms with Gasteiger partial charge in [-0.05, 0) is 36.2 Å². The number of methoxy groups -OCH3 is 2. The van der Waals surface area contributed by atoms with Crippen LogP contribution in [0.5, 0.6) is 11.5 Å². The first-order chi connectivity index (χ1) is 12.7. The fraction of sp³-hybridized carbons (Fsp3) is 0.263. The van der Waals surface area contributed by atoms with Crippen molar-refractivity contribution in [3.63, 3.8) is 0 Å². The third-order valence-corrected chi connectivity index (χ3v) is 4.84. The van der Waals surface area contributed by atoms with Crippen LogP contribution in [0.15, 0.2) is 42.5 Å². The van der Waals surface area contributed by atoms with Gasteiger partial charge in [0.05, 0.1) is 19.9 Å². The van der Waals surface area contributed by atoms with Crippen LogP contribution in [0.1, 0.15) is 18.2 Å². The molecule has 0 unspecified atom stereocenters. The first kappa shape index (κ1) is 18.1. The SMILES string of the molecule is CCc1nnsc1N(Cc1ccc(F)cc1)c1ccc(OC)c(OC)c1. The second kappa shape index (κ2) is 8.14. The van der Waals surface area contributed by atoms with Crippen molar-refractivity contribution >= 4 is 22.2 Å². The van der Waals surface area contributed by atoms with E-state index in [0.717, 1.165) is 28.4 Å². The highest BCUT2D eigenvalue weighted by molar-refractivity contribution is 7.10. The highest BCUT2D eigenvalue weighted by atomic mass is 32.1. The first-order valence-electron chi connectivity index (χ1n) is 8.21. The molecule has 5 nitrogen and oxygen atoms in total. The van der Waals surface area contributed by atoms with Crippen LogP contribution in [0.3, 0.4) is 0 Å². The Hall–Kier alpha value is -2.67. The van der Waals surface area contributed by atoms with Gasteiger partial charge in [-0.1, -0.05) is 23.5 Å². The molecule has 0 saturated carbocycles. The molecule has 26 heavy (non-hydrogen) atoms. The number of halogens is 1. The molecule has 1 aromatic heterocycles. The van der Waals surface area contributed by atoms with E-state index in [1.807, 2.05) is 25.1 Å². The van der Waals surface area contributed by atoms with Crippen LogP contribution in [0, 0.1) is 5.82 Å². The Balaban J connectivity index is 2.04. The molecule has 136 valence electrons. The molecule has 0 aliphatic carbocycles. The fourth-order valence-electron chi connectivity index (χ4n) is 2.68. The minimum Gasteiger partial charge on any atom is -0.493 e. The van der Waals surface area contributed by atoms with Crippen molar-refractivity contribution in [2.24, 2.45) is 0 Å². The maximum Gasteiger partial charge on any atom is 0.162 e. The summed E-state index contributed by atoms with van der Waals surface area (Å²) in [4.78, 5) is 2.11. The van der Waals surface area contributed by atoms with E-state index in [1.165, 1.54) is 23.7 Å². The molecule has 0 amide bonds. The number of rotatable bonds is 7. The van der Waals surface area contributed by atoms with Crippen molar-refractivity contribution in [2.45, 2.75) is 19.9 Å². The number of aryl methyl sites for hydroxylation is 1. The van der Waals surface area contributed by atoms with Gasteiger partial charge >= 0.3 is 0 Å². The van der Waals surface area contributed by atoms with Gasteiger partial charge in [0.15, 0.2) is 11.5 Å². The van der Waals surface area contributed by atoms with E-state index in [1.54, 1.807) is 26.4 Å². The molecular weight excluding hydrogens is 353 g/mol. The molecule has 0 aliphatic rings. The largest absolute Gasteiger partial charge is 0.493 e. The smallest absolute Gasteiger partial charge is 0.162 e. The standard InChI is InChI=1S/C19H20FN3O2S/c1-4-16-19(26-22-21-16)23(12-13-5-7-14(20)8-6-13)15-9-10-17(24-2)18(11-15)25-3/h5-11H,4,12H2,1-3H3. The number of benzene rings is 2. The lowest BCUT2D eigenvalue weighted by Gasteiger charge is -2.24. The monoisotopic (exact) mass is 373 g/mol. The molecule has 0 atom stereocenters. The Kier molecular flexibility index (Phi) is 5.68. The van der Waals surface area contributed by atoms with Crippen LogP contribution in [0.2, 0.25) is 0 Å². The molecule has 7 heteroatoms. The van der Waals surface area contributed by atoms with Crippen molar-refractivity contribution in [2.75, 3.05) is 19.1 Å². The predicted molar refractivity (Wildman–Crippen MR) is 101 cm³/mol. The number of aromatic nitrogens is 2. The summed E-state index contributed by atoms with van der Waals surface area (Å²) < 4.78 is 28.1. The molecule has 3 aromatic rings. The Bertz CT molecular complexity index is 867. The number of ether oxygens (including phenoxy) is 2. The van der Waals surface area contributed by atoms with E-state index in [9.17, 15) is 4.39 Å². The minimum absolute atomic E-state index is 0.250. The predicted octanol–water partition coefficient (Wildman–Crippen LogP) is 4.60. The van der Waals surface area contributed by atoms with Gasteiger partial charge < -0.3 is 14.4 Å². The highest BCUT2D eigenvalue weighted by Gasteiger charge is 2.19. The van der Waals surface area contributed by atoms with Gasteiger partial charge in [-0.2, -0.15) is 0 Å². The van der Waals surface area contributed by atoms with Gasteiger partial charge in [0.2, 0.25) is 0 Å². The van der Waals surface area contributed by atoms with Crippen LogP contribution in [0.25, 0.3) is 0 Å². The number of anilines is 2. The summed E-state index contributed by atoms with van der Waals surface area (Å²) in [7, 11) is 3.22. The molecule has 3 rings (SSSR count). The Morgan fingerprint density at radius 2 is 1.77 bits per heavy atom. The molecule has 2 aromatic carbocycles. The second-order valence-corrected chi connectivity index (χ2v) is 6.36. The molecule has 0 radical (unpaired) electrons. The maximum atomic E-state index is 13.3. The third-order valence-electron chi connectivity index (χ3n) is 4.05. The van der Waals surface area contributed by atoms with Gasteiger partial charge in [0.25, 0.3) is 0 Å². The Morgan fingerprint density at radius 1 is 1.04 bits per heavy atom. The highest BCUT2D eigenvalue weighted by Crippen LogP contribution is 2.37. The van der Waals surface area contributed by atoms with Gasteiger partial charge in [-0.3, -0.25) is 0 Å². The zero-order valence-electron chi connectivity index (χ0n) is 14.9. The minimum atomic E-state index is -0.250. The number of nitrogens with zero attached hydrogens (tertiary/aromatic N) is 3. The number of hydrogen-bond acceptors (Lipinski definition) is 6. The zero-order chi connectivity index (χ0) is 18.5. The van der Waals surface area contributed by atoms with E-state index >= 15 is 0 Å². The maximum absolute atomic E-state index is 13.3.